The van der Waals surface area contributed by atoms with Crippen LogP contribution >= 0.6 is 0 Å². The first kappa shape index (κ1) is 38.6. The van der Waals surface area contributed by atoms with Gasteiger partial charge in [-0.2, -0.15) is 13.2 Å². The van der Waals surface area contributed by atoms with Gasteiger partial charge in [0.2, 0.25) is 5.91 Å². The van der Waals surface area contributed by atoms with Crippen LogP contribution in [0.4, 0.5) is 17.6 Å². The summed E-state index contributed by atoms with van der Waals surface area (Å²) in [6.45, 7) is 12.7. The molecule has 272 valence electrons. The van der Waals surface area contributed by atoms with E-state index in [2.05, 4.69) is 5.32 Å². The van der Waals surface area contributed by atoms with Crippen molar-refractivity contribution in [3.8, 4) is 16.9 Å². The predicted octanol–water partition coefficient (Wildman–Crippen LogP) is 7.25. The lowest BCUT2D eigenvalue weighted by Gasteiger charge is -2.31. The molecule has 1 aliphatic heterocycles. The summed E-state index contributed by atoms with van der Waals surface area (Å²) in [5.74, 6) is -1.54. The molecule has 4 rings (SSSR count). The Labute approximate surface area is 290 Å². The van der Waals surface area contributed by atoms with Gasteiger partial charge in [-0.3, -0.25) is 14.4 Å². The molecule has 2 heterocycles. The van der Waals surface area contributed by atoms with E-state index in [1.807, 2.05) is 44.7 Å². The first-order chi connectivity index (χ1) is 23.5. The molecule has 3 aromatic rings. The zero-order valence-electron chi connectivity index (χ0n) is 29.8. The summed E-state index contributed by atoms with van der Waals surface area (Å²) in [4.78, 5) is 42.4. The third-order valence-electron chi connectivity index (χ3n) is 9.13. The highest BCUT2D eigenvalue weighted by molar-refractivity contribution is 5.82. The van der Waals surface area contributed by atoms with Crippen molar-refractivity contribution < 1.29 is 36.6 Å². The van der Waals surface area contributed by atoms with Gasteiger partial charge in [0.15, 0.2) is 0 Å². The Morgan fingerprint density at radius 1 is 1.00 bits per heavy atom. The number of ether oxygens (including phenoxy) is 2. The molecule has 1 amide bonds. The smallest absolute Gasteiger partial charge is 0.416 e. The van der Waals surface area contributed by atoms with Crippen molar-refractivity contribution in [3.05, 3.63) is 86.1 Å². The van der Waals surface area contributed by atoms with E-state index < -0.39 is 53.5 Å². The van der Waals surface area contributed by atoms with Gasteiger partial charge in [-0.25, -0.2) is 4.39 Å². The second kappa shape index (κ2) is 16.2. The standard InChI is InChI=1S/C38H47F4N3O5/c1-8-50-34(47)20-31(29-18-27(15-25(6)36(29)39)35-23(4)16-28(49-7)17-24(35)5)43-37(48)32(14-22(2)3)45-21-26(10-13-44-11-9-12-44)30(19-33(45)46)38(40,41)42/h15-19,21-22,31-32H,8-14,20H2,1-7H3,(H,43,48)/t31-,32?/m0/s1. The number of hydrogen-bond donors (Lipinski definition) is 1. The van der Waals surface area contributed by atoms with E-state index >= 15 is 4.39 Å². The van der Waals surface area contributed by atoms with Crippen LogP contribution in [0, 0.1) is 32.5 Å². The van der Waals surface area contributed by atoms with Crippen LogP contribution in [-0.2, 0) is 26.9 Å². The number of rotatable bonds is 14. The second-order valence-corrected chi connectivity index (χ2v) is 13.4. The number of nitrogens with one attached hydrogen (secondary N) is 1. The van der Waals surface area contributed by atoms with Crippen molar-refractivity contribution in [3.63, 3.8) is 0 Å². The van der Waals surface area contributed by atoms with Gasteiger partial charge in [-0.1, -0.05) is 13.8 Å². The average molecular weight is 702 g/mol. The first-order valence-electron chi connectivity index (χ1n) is 17.0. The van der Waals surface area contributed by atoms with Crippen molar-refractivity contribution >= 4 is 11.9 Å². The molecule has 1 unspecified atom stereocenters. The third-order valence-corrected chi connectivity index (χ3v) is 9.13. The largest absolute Gasteiger partial charge is 0.497 e. The van der Waals surface area contributed by atoms with Gasteiger partial charge < -0.3 is 24.3 Å². The lowest BCUT2D eigenvalue weighted by Crippen LogP contribution is -2.41. The molecular formula is C38H47F4N3O5. The fourth-order valence-corrected chi connectivity index (χ4v) is 6.56. The van der Waals surface area contributed by atoms with Gasteiger partial charge >= 0.3 is 12.1 Å². The second-order valence-electron chi connectivity index (χ2n) is 13.4. The van der Waals surface area contributed by atoms with Gasteiger partial charge in [-0.05, 0) is 124 Å². The topological polar surface area (TPSA) is 89.9 Å². The quantitative estimate of drug-likeness (QED) is 0.141. The van der Waals surface area contributed by atoms with Gasteiger partial charge in [0, 0.05) is 24.4 Å². The summed E-state index contributed by atoms with van der Waals surface area (Å²) in [5, 5.41) is 2.79. The van der Waals surface area contributed by atoms with Crippen LogP contribution in [0.25, 0.3) is 11.1 Å². The number of aromatic nitrogens is 1. The Hall–Kier alpha value is -4.19. The number of carbonyl (C=O) groups excluding carboxylic acids is 2. The highest BCUT2D eigenvalue weighted by atomic mass is 19.4. The molecule has 2 atom stereocenters. The molecule has 0 bridgehead atoms. The summed E-state index contributed by atoms with van der Waals surface area (Å²) in [6, 6.07) is 5.08. The maximum absolute atomic E-state index is 16.1. The predicted molar refractivity (Wildman–Crippen MR) is 184 cm³/mol. The maximum Gasteiger partial charge on any atom is 0.416 e. The summed E-state index contributed by atoms with van der Waals surface area (Å²) >= 11 is 0. The number of esters is 1. The van der Waals surface area contributed by atoms with E-state index in [-0.39, 0.29) is 42.1 Å². The summed E-state index contributed by atoms with van der Waals surface area (Å²) in [6.07, 6.45) is -2.93. The van der Waals surface area contributed by atoms with E-state index in [1.165, 1.54) is 0 Å². The van der Waals surface area contributed by atoms with Crippen LogP contribution in [0.15, 0.2) is 41.3 Å². The Bertz CT molecular complexity index is 1740. The normalized spacial score (nSPS) is 14.6. The number of hydrogen-bond acceptors (Lipinski definition) is 6. The molecule has 1 fully saturated rings. The molecule has 50 heavy (non-hydrogen) atoms. The number of carbonyl (C=O) groups is 2. The van der Waals surface area contributed by atoms with Crippen LogP contribution in [0.5, 0.6) is 5.75 Å². The van der Waals surface area contributed by atoms with E-state index in [0.29, 0.717) is 23.9 Å². The van der Waals surface area contributed by atoms with Crippen molar-refractivity contribution in [1.29, 1.82) is 0 Å². The fourth-order valence-electron chi connectivity index (χ4n) is 6.56. The molecule has 8 nitrogen and oxygen atoms in total. The number of halogens is 4. The molecule has 0 aliphatic carbocycles. The molecule has 0 radical (unpaired) electrons. The van der Waals surface area contributed by atoms with Crippen molar-refractivity contribution in [1.82, 2.24) is 14.8 Å². The van der Waals surface area contributed by atoms with Gasteiger partial charge in [0.05, 0.1) is 31.7 Å². The SMILES string of the molecule is CCOC(=O)C[C@H](NC(=O)C(CC(C)C)n1cc(CCN2CCC2)c(C(F)(F)F)cc1=O)c1cc(-c2c(C)cc(OC)cc2C)cc(C)c1F. The fraction of sp³-hybridized carbons (Fsp3) is 0.500. The number of nitrogens with zero attached hydrogens (tertiary/aromatic N) is 2. The highest BCUT2D eigenvalue weighted by Crippen LogP contribution is 2.36. The summed E-state index contributed by atoms with van der Waals surface area (Å²) in [5.41, 5.74) is 1.44. The number of aryl methyl sites for hydroxylation is 3. The first-order valence-corrected chi connectivity index (χ1v) is 17.0. The Kier molecular flexibility index (Phi) is 12.5. The number of benzene rings is 2. The van der Waals surface area contributed by atoms with E-state index in [0.717, 1.165) is 47.0 Å². The van der Waals surface area contributed by atoms with Crippen LogP contribution in [0.3, 0.4) is 0 Å². The number of alkyl halides is 3. The number of amides is 1. The number of likely N-dealkylation sites (tertiary alicyclic amines) is 1. The van der Waals surface area contributed by atoms with Gasteiger partial charge in [-0.15, -0.1) is 0 Å². The maximum atomic E-state index is 16.1. The molecule has 1 saturated heterocycles. The van der Waals surface area contributed by atoms with Crippen molar-refractivity contribution in [2.45, 2.75) is 85.5 Å². The van der Waals surface area contributed by atoms with Crippen LogP contribution in [0.2, 0.25) is 0 Å². The minimum Gasteiger partial charge on any atom is -0.497 e. The van der Waals surface area contributed by atoms with Crippen molar-refractivity contribution in [2.75, 3.05) is 33.4 Å². The van der Waals surface area contributed by atoms with E-state index in [4.69, 9.17) is 9.47 Å². The zero-order valence-corrected chi connectivity index (χ0v) is 29.8. The lowest BCUT2D eigenvalue weighted by molar-refractivity contribution is -0.144. The molecule has 0 saturated carbocycles. The molecule has 0 spiro atoms. The molecule has 1 aromatic heterocycles. The van der Waals surface area contributed by atoms with Gasteiger partial charge in [0.1, 0.15) is 17.6 Å². The zero-order chi connectivity index (χ0) is 36.9. The van der Waals surface area contributed by atoms with Crippen LogP contribution in [0.1, 0.15) is 85.5 Å². The minimum atomic E-state index is -4.76. The highest BCUT2D eigenvalue weighted by Gasteiger charge is 2.36. The summed E-state index contributed by atoms with van der Waals surface area (Å²) < 4.78 is 69.9. The summed E-state index contributed by atoms with van der Waals surface area (Å²) in [7, 11) is 1.57. The average Bonchev–Trinajstić information content (AvgIpc) is 3.00. The minimum absolute atomic E-state index is 0.0364. The van der Waals surface area contributed by atoms with Crippen LogP contribution < -0.4 is 15.6 Å². The van der Waals surface area contributed by atoms with Crippen LogP contribution in [-0.4, -0.2) is 54.7 Å². The number of pyridine rings is 1. The number of methoxy groups -OCH3 is 1. The monoisotopic (exact) mass is 701 g/mol. The Morgan fingerprint density at radius 3 is 2.20 bits per heavy atom. The Balaban J connectivity index is 1.80. The molecule has 2 aromatic carbocycles. The molecule has 1 N–H and O–H groups in total. The Morgan fingerprint density at radius 2 is 1.66 bits per heavy atom. The third kappa shape index (κ3) is 9.12. The van der Waals surface area contributed by atoms with Gasteiger partial charge in [0.25, 0.3) is 5.56 Å². The molecular weight excluding hydrogens is 654 g/mol. The molecule has 1 aliphatic rings. The van der Waals surface area contributed by atoms with E-state index in [1.54, 1.807) is 33.1 Å². The van der Waals surface area contributed by atoms with Crippen molar-refractivity contribution in [2.24, 2.45) is 5.92 Å². The van der Waals surface area contributed by atoms with E-state index in [9.17, 15) is 27.6 Å². The lowest BCUT2D eigenvalue weighted by atomic mass is 9.90. The molecule has 12 heteroatoms.